The first-order valence-corrected chi connectivity index (χ1v) is 14.4. The van der Waals surface area contributed by atoms with E-state index in [2.05, 4.69) is 55.4 Å². The number of rotatable bonds is 8. The normalized spacial score (nSPS) is 13.8. The van der Waals surface area contributed by atoms with Crippen LogP contribution in [-0.4, -0.2) is 65.4 Å². The Morgan fingerprint density at radius 1 is 0.881 bits per heavy atom. The van der Waals surface area contributed by atoms with Crippen molar-refractivity contribution in [2.24, 2.45) is 0 Å². The molecule has 0 radical (unpaired) electrons. The zero-order valence-electron chi connectivity index (χ0n) is 23.8. The molecule has 8 heteroatoms. The molecule has 0 bridgehead atoms. The van der Waals surface area contributed by atoms with Crippen molar-refractivity contribution in [3.05, 3.63) is 84.9 Å². The third kappa shape index (κ3) is 5.10. The van der Waals surface area contributed by atoms with E-state index in [9.17, 15) is 4.39 Å². The smallest absolute Gasteiger partial charge is 0.127 e. The third-order valence-electron chi connectivity index (χ3n) is 8.11. The number of halogens is 1. The van der Waals surface area contributed by atoms with E-state index in [-0.39, 0.29) is 5.82 Å². The van der Waals surface area contributed by atoms with Gasteiger partial charge in [-0.3, -0.25) is 15.0 Å². The summed E-state index contributed by atoms with van der Waals surface area (Å²) in [7, 11) is 4.02. The number of benzene rings is 3. The third-order valence-corrected chi connectivity index (χ3v) is 8.11. The van der Waals surface area contributed by atoms with Crippen LogP contribution in [0.25, 0.3) is 55.4 Å². The lowest BCUT2D eigenvalue weighted by Crippen LogP contribution is -2.25. The Morgan fingerprint density at radius 2 is 1.76 bits per heavy atom. The molecule has 1 aliphatic rings. The van der Waals surface area contributed by atoms with Gasteiger partial charge < -0.3 is 14.6 Å². The van der Waals surface area contributed by atoms with Crippen molar-refractivity contribution in [3.63, 3.8) is 0 Å². The summed E-state index contributed by atoms with van der Waals surface area (Å²) in [5, 5.41) is 9.86. The molecule has 42 heavy (non-hydrogen) atoms. The Hall–Kier alpha value is -4.69. The van der Waals surface area contributed by atoms with Crippen molar-refractivity contribution in [2.75, 3.05) is 45.2 Å². The maximum absolute atomic E-state index is 14.8. The summed E-state index contributed by atoms with van der Waals surface area (Å²) in [6.45, 7) is 3.64. The highest BCUT2D eigenvalue weighted by Crippen LogP contribution is 2.36. The second kappa shape index (κ2) is 10.9. The van der Waals surface area contributed by atoms with Gasteiger partial charge in [-0.2, -0.15) is 5.10 Å². The van der Waals surface area contributed by atoms with Gasteiger partial charge in [0.25, 0.3) is 0 Å². The fourth-order valence-electron chi connectivity index (χ4n) is 5.86. The molecule has 1 saturated heterocycles. The monoisotopic (exact) mass is 560 g/mol. The van der Waals surface area contributed by atoms with Crippen molar-refractivity contribution >= 4 is 27.5 Å². The molecule has 4 heterocycles. The Labute approximate surface area is 244 Å². The van der Waals surface area contributed by atoms with Gasteiger partial charge in [0.15, 0.2) is 0 Å². The second-order valence-electron chi connectivity index (χ2n) is 11.2. The van der Waals surface area contributed by atoms with E-state index < -0.39 is 0 Å². The van der Waals surface area contributed by atoms with Gasteiger partial charge >= 0.3 is 0 Å². The molecule has 0 aliphatic carbocycles. The van der Waals surface area contributed by atoms with Crippen molar-refractivity contribution in [1.82, 2.24) is 25.1 Å². The lowest BCUT2D eigenvalue weighted by Gasteiger charge is -2.15. The summed E-state index contributed by atoms with van der Waals surface area (Å²) in [6.07, 6.45) is 6.22. The van der Waals surface area contributed by atoms with E-state index in [1.165, 1.54) is 18.9 Å². The summed E-state index contributed by atoms with van der Waals surface area (Å²) in [6, 6.07) is 21.5. The van der Waals surface area contributed by atoms with E-state index in [1.807, 2.05) is 55.7 Å². The zero-order chi connectivity index (χ0) is 28.6. The van der Waals surface area contributed by atoms with E-state index in [0.29, 0.717) is 12.4 Å². The van der Waals surface area contributed by atoms with Crippen LogP contribution in [0.5, 0.6) is 5.75 Å². The molecule has 0 saturated carbocycles. The van der Waals surface area contributed by atoms with Crippen LogP contribution in [0.3, 0.4) is 0 Å². The van der Waals surface area contributed by atoms with Crippen LogP contribution >= 0.6 is 0 Å². The molecule has 1 fully saturated rings. The SMILES string of the molecule is CN(C)c1cncc(-c2ccc3[nH]nc(-c4cc5c(-c6cc(F)cc(OCCN7CCCC7)c6)cccc5[nH]4)c3c2)c1. The van der Waals surface area contributed by atoms with E-state index in [1.54, 1.807) is 6.07 Å². The molecule has 7 rings (SSSR count). The van der Waals surface area contributed by atoms with Crippen molar-refractivity contribution in [3.8, 4) is 39.4 Å². The van der Waals surface area contributed by atoms with Crippen LogP contribution in [0.1, 0.15) is 12.8 Å². The first kappa shape index (κ1) is 26.2. The minimum atomic E-state index is -0.310. The molecule has 6 aromatic rings. The second-order valence-corrected chi connectivity index (χ2v) is 11.2. The summed E-state index contributed by atoms with van der Waals surface area (Å²) in [5.41, 5.74) is 8.49. The van der Waals surface area contributed by atoms with Gasteiger partial charge in [-0.1, -0.05) is 18.2 Å². The quantitative estimate of drug-likeness (QED) is 0.207. The minimum absolute atomic E-state index is 0.310. The molecule has 0 unspecified atom stereocenters. The number of aromatic nitrogens is 4. The Balaban J connectivity index is 1.22. The number of pyridine rings is 1. The zero-order valence-corrected chi connectivity index (χ0v) is 23.8. The number of aromatic amines is 2. The summed E-state index contributed by atoms with van der Waals surface area (Å²) in [4.78, 5) is 12.4. The fourth-order valence-corrected chi connectivity index (χ4v) is 5.86. The van der Waals surface area contributed by atoms with Crippen LogP contribution in [0.4, 0.5) is 10.1 Å². The van der Waals surface area contributed by atoms with Crippen LogP contribution in [0.15, 0.2) is 79.1 Å². The lowest BCUT2D eigenvalue weighted by molar-refractivity contribution is 0.237. The maximum Gasteiger partial charge on any atom is 0.127 e. The molecular formula is C34H33FN6O. The molecule has 2 N–H and O–H groups in total. The summed E-state index contributed by atoms with van der Waals surface area (Å²) < 4.78 is 20.8. The van der Waals surface area contributed by atoms with Crippen molar-refractivity contribution in [2.45, 2.75) is 12.8 Å². The first-order valence-electron chi connectivity index (χ1n) is 14.4. The molecular weight excluding hydrogens is 527 g/mol. The number of anilines is 1. The molecule has 1 aliphatic heterocycles. The van der Waals surface area contributed by atoms with Crippen LogP contribution in [0.2, 0.25) is 0 Å². The summed E-state index contributed by atoms with van der Waals surface area (Å²) in [5.74, 6) is 0.241. The van der Waals surface area contributed by atoms with Crippen LogP contribution in [0, 0.1) is 5.82 Å². The topological polar surface area (TPSA) is 73.1 Å². The molecule has 3 aromatic carbocycles. The highest BCUT2D eigenvalue weighted by molar-refractivity contribution is 6.02. The largest absolute Gasteiger partial charge is 0.492 e. The molecule has 3 aromatic heterocycles. The number of hydrogen-bond acceptors (Lipinski definition) is 5. The molecule has 0 atom stereocenters. The molecule has 7 nitrogen and oxygen atoms in total. The van der Waals surface area contributed by atoms with Crippen LogP contribution < -0.4 is 9.64 Å². The predicted molar refractivity (Wildman–Crippen MR) is 168 cm³/mol. The highest BCUT2D eigenvalue weighted by atomic mass is 19.1. The first-order chi connectivity index (χ1) is 20.5. The molecule has 0 spiro atoms. The maximum atomic E-state index is 14.8. The highest BCUT2D eigenvalue weighted by Gasteiger charge is 2.16. The Bertz CT molecular complexity index is 1880. The Morgan fingerprint density at radius 3 is 2.62 bits per heavy atom. The van der Waals surface area contributed by atoms with E-state index in [4.69, 9.17) is 4.74 Å². The average molecular weight is 561 g/mol. The minimum Gasteiger partial charge on any atom is -0.492 e. The van der Waals surface area contributed by atoms with Gasteiger partial charge in [-0.05, 0) is 85.1 Å². The van der Waals surface area contributed by atoms with Crippen molar-refractivity contribution in [1.29, 1.82) is 0 Å². The van der Waals surface area contributed by atoms with Gasteiger partial charge in [0.1, 0.15) is 23.9 Å². The number of hydrogen-bond donors (Lipinski definition) is 2. The number of likely N-dealkylation sites (tertiary alicyclic amines) is 1. The van der Waals surface area contributed by atoms with Gasteiger partial charge in [0.05, 0.1) is 23.1 Å². The standard InChI is InChI=1S/C34H33FN6O/c1-40(2)26-15-24(20-36-21-26)22-8-9-32-30(17-22)34(39-38-32)33-19-29-28(6-5-7-31(29)37-33)23-14-25(35)18-27(16-23)42-13-12-41-10-3-4-11-41/h5-9,14-21,37H,3-4,10-13H2,1-2H3,(H,38,39). The number of fused-ring (bicyclic) bond motifs is 2. The van der Waals surface area contributed by atoms with E-state index in [0.717, 1.165) is 80.8 Å². The average Bonchev–Trinajstić information content (AvgIpc) is 3.76. The number of nitrogens with zero attached hydrogens (tertiary/aromatic N) is 4. The number of H-pyrrole nitrogens is 2. The predicted octanol–water partition coefficient (Wildman–Crippen LogP) is 7.12. The molecule has 0 amide bonds. The fraction of sp³-hybridized carbons (Fsp3) is 0.235. The Kier molecular flexibility index (Phi) is 6.83. The van der Waals surface area contributed by atoms with Gasteiger partial charge in [-0.25, -0.2) is 4.39 Å². The van der Waals surface area contributed by atoms with Crippen LogP contribution in [-0.2, 0) is 0 Å². The molecule has 212 valence electrons. The van der Waals surface area contributed by atoms with Gasteiger partial charge in [0, 0.05) is 54.8 Å². The van der Waals surface area contributed by atoms with Crippen molar-refractivity contribution < 1.29 is 9.13 Å². The number of ether oxygens (including phenoxy) is 1. The summed E-state index contributed by atoms with van der Waals surface area (Å²) >= 11 is 0. The van der Waals surface area contributed by atoms with Gasteiger partial charge in [0.2, 0.25) is 0 Å². The van der Waals surface area contributed by atoms with Gasteiger partial charge in [-0.15, -0.1) is 0 Å². The number of nitrogens with one attached hydrogen (secondary N) is 2. The van der Waals surface area contributed by atoms with E-state index >= 15 is 0 Å². The lowest BCUT2D eigenvalue weighted by atomic mass is 10.0.